The van der Waals surface area contributed by atoms with Crippen molar-refractivity contribution in [3.8, 4) is 0 Å². The Morgan fingerprint density at radius 2 is 2.43 bits per heavy atom. The Morgan fingerprint density at radius 3 is 3.43 bits per heavy atom. The molecule has 7 heavy (non-hydrogen) atoms. The SMILES string of the molecule is [2H]C1C=CCCC=N1. The van der Waals surface area contributed by atoms with E-state index in [4.69, 9.17) is 1.37 Å². The number of hydrogen-bond acceptors (Lipinski definition) is 1. The topological polar surface area (TPSA) is 12.4 Å². The Hall–Kier alpha value is -0.590. The van der Waals surface area contributed by atoms with Gasteiger partial charge in [-0.2, -0.15) is 0 Å². The zero-order valence-corrected chi connectivity index (χ0v) is 4.17. The third-order valence-corrected chi connectivity index (χ3v) is 0.876. The molecule has 0 saturated heterocycles. The summed E-state index contributed by atoms with van der Waals surface area (Å²) < 4.78 is 7.13. The van der Waals surface area contributed by atoms with Crippen molar-refractivity contribution in [1.29, 1.82) is 0 Å². The maximum atomic E-state index is 7.13. The van der Waals surface area contributed by atoms with Gasteiger partial charge >= 0.3 is 0 Å². The van der Waals surface area contributed by atoms with Gasteiger partial charge in [0.2, 0.25) is 0 Å². The molecule has 0 fully saturated rings. The minimum atomic E-state index is -0.336. The first-order valence-corrected chi connectivity index (χ1v) is 2.50. The smallest absolute Gasteiger partial charge is 0.0566 e. The van der Waals surface area contributed by atoms with Crippen LogP contribution in [0.3, 0.4) is 0 Å². The van der Waals surface area contributed by atoms with Crippen LogP contribution in [-0.4, -0.2) is 12.7 Å². The number of hydrogen-bond donors (Lipinski definition) is 0. The summed E-state index contributed by atoms with van der Waals surface area (Å²) in [6.45, 7) is -0.336. The van der Waals surface area contributed by atoms with Gasteiger partial charge in [-0.05, 0) is 19.1 Å². The normalized spacial score (nSPS) is 32.0. The van der Waals surface area contributed by atoms with Gasteiger partial charge in [0.15, 0.2) is 0 Å². The van der Waals surface area contributed by atoms with Gasteiger partial charge in [0.25, 0.3) is 0 Å². The maximum Gasteiger partial charge on any atom is 0.0566 e. The van der Waals surface area contributed by atoms with E-state index >= 15 is 0 Å². The predicted octanol–water partition coefficient (Wildman–Crippen LogP) is 1.41. The van der Waals surface area contributed by atoms with Crippen LogP contribution in [0.2, 0.25) is 0 Å². The van der Waals surface area contributed by atoms with E-state index in [-0.39, 0.29) is 6.52 Å². The van der Waals surface area contributed by atoms with Crippen molar-refractivity contribution < 1.29 is 1.37 Å². The Balaban J connectivity index is 2.51. The Bertz CT molecular complexity index is 104. The molecular weight excluding hydrogens is 86.1 g/mol. The fourth-order valence-corrected chi connectivity index (χ4v) is 0.513. The molecule has 0 amide bonds. The van der Waals surface area contributed by atoms with E-state index < -0.39 is 0 Å². The van der Waals surface area contributed by atoms with E-state index in [1.807, 2.05) is 18.4 Å². The standard InChI is InChI=1S/C6H9N/c1-2-4-6-7-5-3-1/h1,3,6H,2,4-5H2/i5D. The van der Waals surface area contributed by atoms with Crippen LogP contribution >= 0.6 is 0 Å². The number of rotatable bonds is 0. The first-order chi connectivity index (χ1) is 3.89. The molecule has 0 aromatic carbocycles. The van der Waals surface area contributed by atoms with Gasteiger partial charge in [0.05, 0.1) is 7.89 Å². The molecular formula is C6H9N. The molecule has 1 nitrogen and oxygen atoms in total. The zero-order valence-electron chi connectivity index (χ0n) is 5.17. The van der Waals surface area contributed by atoms with Crippen LogP contribution in [0.4, 0.5) is 0 Å². The summed E-state index contributed by atoms with van der Waals surface area (Å²) in [5.41, 5.74) is 0. The summed E-state index contributed by atoms with van der Waals surface area (Å²) in [5, 5.41) is 0. The Kier molecular flexibility index (Phi) is 1.25. The van der Waals surface area contributed by atoms with Gasteiger partial charge < -0.3 is 0 Å². The van der Waals surface area contributed by atoms with E-state index in [1.54, 1.807) is 0 Å². The third-order valence-electron chi connectivity index (χ3n) is 0.876. The quantitative estimate of drug-likeness (QED) is 0.404. The molecule has 1 aliphatic heterocycles. The second-order valence-electron chi connectivity index (χ2n) is 1.49. The minimum absolute atomic E-state index is 0.336. The molecule has 0 radical (unpaired) electrons. The molecule has 1 unspecified atom stereocenters. The van der Waals surface area contributed by atoms with Crippen molar-refractivity contribution in [2.24, 2.45) is 4.99 Å². The molecule has 1 heterocycles. The Labute approximate surface area is 45.2 Å². The highest BCUT2D eigenvalue weighted by atomic mass is 14.7. The lowest BCUT2D eigenvalue weighted by atomic mass is 10.3. The van der Waals surface area contributed by atoms with Gasteiger partial charge in [-0.25, -0.2) is 0 Å². The molecule has 0 N–H and O–H groups in total. The van der Waals surface area contributed by atoms with Crippen molar-refractivity contribution in [3.63, 3.8) is 0 Å². The van der Waals surface area contributed by atoms with Gasteiger partial charge in [-0.1, -0.05) is 12.2 Å². The fraction of sp³-hybridized carbons (Fsp3) is 0.500. The third kappa shape index (κ3) is 1.53. The molecule has 0 aromatic heterocycles. The second-order valence-corrected chi connectivity index (χ2v) is 1.49. The zero-order chi connectivity index (χ0) is 5.82. The average molecular weight is 96.2 g/mol. The van der Waals surface area contributed by atoms with Crippen molar-refractivity contribution in [1.82, 2.24) is 0 Å². The lowest BCUT2D eigenvalue weighted by molar-refractivity contribution is 1.13. The van der Waals surface area contributed by atoms with Gasteiger partial charge in [-0.3, -0.25) is 4.99 Å². The molecule has 0 saturated carbocycles. The van der Waals surface area contributed by atoms with Crippen molar-refractivity contribution >= 4 is 6.21 Å². The number of allylic oxidation sites excluding steroid dienone is 1. The largest absolute Gasteiger partial charge is 0.293 e. The van der Waals surface area contributed by atoms with Crippen LogP contribution in [0.5, 0.6) is 0 Å². The van der Waals surface area contributed by atoms with Crippen LogP contribution in [-0.2, 0) is 0 Å². The average Bonchev–Trinajstić information content (AvgIpc) is 1.94. The summed E-state index contributed by atoms with van der Waals surface area (Å²) in [4.78, 5) is 3.88. The van der Waals surface area contributed by atoms with Crippen LogP contribution in [0.15, 0.2) is 17.1 Å². The summed E-state index contributed by atoms with van der Waals surface area (Å²) in [5.74, 6) is 0. The van der Waals surface area contributed by atoms with E-state index in [0.29, 0.717) is 0 Å². The summed E-state index contributed by atoms with van der Waals surface area (Å²) >= 11 is 0. The van der Waals surface area contributed by atoms with E-state index in [0.717, 1.165) is 12.8 Å². The van der Waals surface area contributed by atoms with Gasteiger partial charge in [0, 0.05) is 0 Å². The molecule has 0 spiro atoms. The Morgan fingerprint density at radius 1 is 1.43 bits per heavy atom. The van der Waals surface area contributed by atoms with Crippen LogP contribution in [0.25, 0.3) is 0 Å². The van der Waals surface area contributed by atoms with Gasteiger partial charge in [0.1, 0.15) is 0 Å². The van der Waals surface area contributed by atoms with Crippen molar-refractivity contribution in [3.05, 3.63) is 12.2 Å². The second kappa shape index (κ2) is 2.56. The summed E-state index contributed by atoms with van der Waals surface area (Å²) in [6.07, 6.45) is 7.66. The number of nitrogens with zero attached hydrogens (tertiary/aromatic N) is 1. The molecule has 0 bridgehead atoms. The molecule has 0 aliphatic carbocycles. The minimum Gasteiger partial charge on any atom is -0.293 e. The summed E-state index contributed by atoms with van der Waals surface area (Å²) in [6, 6.07) is 0. The van der Waals surface area contributed by atoms with Crippen LogP contribution in [0, 0.1) is 0 Å². The molecule has 0 aromatic rings. The highest BCUT2D eigenvalue weighted by Gasteiger charge is 1.80. The van der Waals surface area contributed by atoms with E-state index in [2.05, 4.69) is 4.99 Å². The molecule has 1 atom stereocenters. The highest BCUT2D eigenvalue weighted by molar-refractivity contribution is 5.57. The van der Waals surface area contributed by atoms with Crippen molar-refractivity contribution in [2.75, 3.05) is 6.52 Å². The maximum absolute atomic E-state index is 7.13. The molecule has 38 valence electrons. The first kappa shape index (κ1) is 3.42. The first-order valence-electron chi connectivity index (χ1n) is 3.08. The van der Waals surface area contributed by atoms with E-state index in [9.17, 15) is 0 Å². The van der Waals surface area contributed by atoms with E-state index in [1.165, 1.54) is 0 Å². The number of aliphatic imine (C=N–C) groups is 1. The lowest BCUT2D eigenvalue weighted by Gasteiger charge is -1.75. The molecule has 1 aliphatic rings. The van der Waals surface area contributed by atoms with Gasteiger partial charge in [-0.15, -0.1) is 0 Å². The van der Waals surface area contributed by atoms with Crippen molar-refractivity contribution in [2.45, 2.75) is 12.8 Å². The van der Waals surface area contributed by atoms with Crippen LogP contribution in [0.1, 0.15) is 14.2 Å². The molecule has 1 rings (SSSR count). The lowest BCUT2D eigenvalue weighted by Crippen LogP contribution is -1.69. The fourth-order valence-electron chi connectivity index (χ4n) is 0.513. The monoisotopic (exact) mass is 96.1 g/mol. The molecule has 1 heteroatoms. The van der Waals surface area contributed by atoms with Crippen LogP contribution < -0.4 is 0 Å². The summed E-state index contributed by atoms with van der Waals surface area (Å²) in [7, 11) is 0. The highest BCUT2D eigenvalue weighted by Crippen LogP contribution is 1.91. The predicted molar refractivity (Wildman–Crippen MR) is 31.7 cm³/mol.